The minimum atomic E-state index is -3.22. The van der Waals surface area contributed by atoms with Crippen molar-refractivity contribution in [3.8, 4) is 0 Å². The van der Waals surface area contributed by atoms with Crippen LogP contribution in [0.25, 0.3) is 0 Å². The van der Waals surface area contributed by atoms with Gasteiger partial charge in [0.25, 0.3) is 0 Å². The molecule has 0 aliphatic carbocycles. The Balaban J connectivity index is 4.93. The van der Waals surface area contributed by atoms with Gasteiger partial charge in [0.05, 0.1) is 0 Å². The summed E-state index contributed by atoms with van der Waals surface area (Å²) in [6.45, 7) is 10.9. The molecule has 0 aliphatic heterocycles. The molecule has 152 valence electrons. The van der Waals surface area contributed by atoms with Crippen LogP contribution in [0.15, 0.2) is 0 Å². The van der Waals surface area contributed by atoms with Gasteiger partial charge in [-0.3, -0.25) is 0 Å². The average molecular weight is 413 g/mol. The predicted molar refractivity (Wildman–Crippen MR) is 108 cm³/mol. The Hall–Kier alpha value is 0.411. The third kappa shape index (κ3) is 13.3. The maximum absolute atomic E-state index is 6.18. The number of hydrogen-bond donors (Lipinski definition) is 0. The van der Waals surface area contributed by atoms with Crippen molar-refractivity contribution in [2.45, 2.75) is 79.1 Å². The van der Waals surface area contributed by atoms with Crippen molar-refractivity contribution in [1.29, 1.82) is 0 Å². The first-order valence-corrected chi connectivity index (χ1v) is 13.8. The topological polar surface area (TPSA) is 55.4 Å². The van der Waals surface area contributed by atoms with Gasteiger partial charge in [-0.15, -0.1) is 0 Å². The maximum atomic E-state index is 6.18. The molecule has 25 heavy (non-hydrogen) atoms. The first-order chi connectivity index (χ1) is 12.2. The second kappa shape index (κ2) is 17.8. The molecule has 0 amide bonds. The normalized spacial score (nSPS) is 13.4. The van der Waals surface area contributed by atoms with Crippen LogP contribution in [0, 0.1) is 0 Å². The molecule has 0 rings (SSSR count). The van der Waals surface area contributed by atoms with E-state index < -0.39 is 18.6 Å². The molecular formula is C16H40O6Si3. The Kier molecular flexibility index (Phi) is 18.1. The first-order valence-electron chi connectivity index (χ1n) is 9.91. The molecule has 0 aromatic rings. The quantitative estimate of drug-likeness (QED) is 0.240. The Morgan fingerprint density at radius 2 is 1.08 bits per heavy atom. The fraction of sp³-hybridized carbons (Fsp3) is 1.00. The molecule has 0 aliphatic rings. The SMILES string of the molecule is CCCCO[SiH](O[SiH3])O[Si](OCCCC)(OCCCC)OCCCC. The lowest BCUT2D eigenvalue weighted by Gasteiger charge is -2.31. The molecule has 0 spiro atoms. The van der Waals surface area contributed by atoms with E-state index in [1.54, 1.807) is 0 Å². The highest BCUT2D eigenvalue weighted by atomic mass is 28.5. The molecule has 0 heterocycles. The van der Waals surface area contributed by atoms with Crippen molar-refractivity contribution in [2.24, 2.45) is 0 Å². The summed E-state index contributed by atoms with van der Waals surface area (Å²) < 4.78 is 35.8. The first kappa shape index (κ1) is 25.4. The third-order valence-corrected chi connectivity index (χ3v) is 9.16. The van der Waals surface area contributed by atoms with E-state index in [4.69, 9.17) is 25.9 Å². The van der Waals surface area contributed by atoms with Crippen LogP contribution >= 0.6 is 0 Å². The van der Waals surface area contributed by atoms with E-state index in [1.807, 2.05) is 0 Å². The third-order valence-electron chi connectivity index (χ3n) is 3.52. The van der Waals surface area contributed by atoms with Crippen LogP contribution < -0.4 is 0 Å². The second-order valence-electron chi connectivity index (χ2n) is 5.97. The van der Waals surface area contributed by atoms with Crippen LogP contribution in [0.3, 0.4) is 0 Å². The molecule has 0 radical (unpaired) electrons. The monoisotopic (exact) mass is 412 g/mol. The molecule has 0 fully saturated rings. The molecule has 1 atom stereocenters. The maximum Gasteiger partial charge on any atom is 0.672 e. The van der Waals surface area contributed by atoms with Gasteiger partial charge in [0, 0.05) is 26.4 Å². The minimum absolute atomic E-state index is 0.568. The van der Waals surface area contributed by atoms with Gasteiger partial charge in [0.1, 0.15) is 10.5 Å². The summed E-state index contributed by atoms with van der Waals surface area (Å²) in [5.74, 6) is 0. The van der Waals surface area contributed by atoms with Crippen LogP contribution in [0.4, 0.5) is 0 Å². The highest BCUT2D eigenvalue weighted by molar-refractivity contribution is 6.63. The van der Waals surface area contributed by atoms with E-state index >= 15 is 0 Å². The second-order valence-corrected chi connectivity index (χ2v) is 11.6. The van der Waals surface area contributed by atoms with Gasteiger partial charge >= 0.3 is 18.6 Å². The van der Waals surface area contributed by atoms with Crippen molar-refractivity contribution in [3.63, 3.8) is 0 Å². The van der Waals surface area contributed by atoms with Crippen molar-refractivity contribution in [1.82, 2.24) is 0 Å². The zero-order valence-electron chi connectivity index (χ0n) is 17.0. The van der Waals surface area contributed by atoms with E-state index in [0.717, 1.165) is 51.4 Å². The molecule has 9 heteroatoms. The van der Waals surface area contributed by atoms with Crippen LogP contribution in [0.5, 0.6) is 0 Å². The van der Waals surface area contributed by atoms with Gasteiger partial charge in [0.15, 0.2) is 0 Å². The highest BCUT2D eigenvalue weighted by Gasteiger charge is 2.48. The van der Waals surface area contributed by atoms with E-state index in [2.05, 4.69) is 27.7 Å². The predicted octanol–water partition coefficient (Wildman–Crippen LogP) is 2.72. The lowest BCUT2D eigenvalue weighted by Crippen LogP contribution is -2.54. The lowest BCUT2D eigenvalue weighted by molar-refractivity contribution is -0.0164. The van der Waals surface area contributed by atoms with Gasteiger partial charge in [-0.25, -0.2) is 0 Å². The summed E-state index contributed by atoms with van der Waals surface area (Å²) in [4.78, 5) is 0. The Bertz CT molecular complexity index is 260. The van der Waals surface area contributed by atoms with Crippen molar-refractivity contribution < 1.29 is 25.9 Å². The fourth-order valence-electron chi connectivity index (χ4n) is 1.84. The Labute approximate surface area is 160 Å². The summed E-state index contributed by atoms with van der Waals surface area (Å²) in [5.41, 5.74) is 0. The Morgan fingerprint density at radius 1 is 0.680 bits per heavy atom. The average Bonchev–Trinajstić information content (AvgIpc) is 2.61. The van der Waals surface area contributed by atoms with Gasteiger partial charge < -0.3 is 25.9 Å². The molecule has 6 nitrogen and oxygen atoms in total. The van der Waals surface area contributed by atoms with Gasteiger partial charge in [-0.1, -0.05) is 53.4 Å². The van der Waals surface area contributed by atoms with Crippen molar-refractivity contribution in [3.05, 3.63) is 0 Å². The molecule has 0 saturated carbocycles. The summed E-state index contributed by atoms with van der Waals surface area (Å²) in [5, 5.41) is 0. The highest BCUT2D eigenvalue weighted by Crippen LogP contribution is 2.17. The van der Waals surface area contributed by atoms with E-state index in [0.29, 0.717) is 36.9 Å². The minimum Gasteiger partial charge on any atom is -0.427 e. The molecule has 0 saturated heterocycles. The van der Waals surface area contributed by atoms with Crippen molar-refractivity contribution in [2.75, 3.05) is 26.4 Å². The zero-order valence-corrected chi connectivity index (χ0v) is 21.2. The van der Waals surface area contributed by atoms with Crippen LogP contribution in [-0.4, -0.2) is 55.5 Å². The largest absolute Gasteiger partial charge is 0.672 e. The lowest BCUT2D eigenvalue weighted by atomic mass is 10.4. The summed E-state index contributed by atoms with van der Waals surface area (Å²) in [6, 6.07) is 0. The molecule has 1 unspecified atom stereocenters. The molecular weight excluding hydrogens is 372 g/mol. The van der Waals surface area contributed by atoms with E-state index in [-0.39, 0.29) is 0 Å². The smallest absolute Gasteiger partial charge is 0.427 e. The van der Waals surface area contributed by atoms with Crippen molar-refractivity contribution >= 4 is 29.1 Å². The van der Waals surface area contributed by atoms with Gasteiger partial charge in [-0.05, 0) is 25.7 Å². The van der Waals surface area contributed by atoms with Crippen LogP contribution in [-0.2, 0) is 25.9 Å². The van der Waals surface area contributed by atoms with Crippen LogP contribution in [0.1, 0.15) is 79.1 Å². The summed E-state index contributed by atoms with van der Waals surface area (Å²) in [7, 11) is -4.93. The fourth-order valence-corrected chi connectivity index (χ4v) is 7.46. The standard InChI is InChI=1S/C16H40O6Si3/c1-5-9-13-17-24(21-23)22-25(18-14-10-6-2,19-15-11-7-3)20-16-12-8-4/h24H,5-16H2,1-4,23H3. The molecule has 0 bridgehead atoms. The van der Waals surface area contributed by atoms with Crippen LogP contribution in [0.2, 0.25) is 0 Å². The van der Waals surface area contributed by atoms with Gasteiger partial charge in [0.2, 0.25) is 0 Å². The number of hydrogen-bond acceptors (Lipinski definition) is 6. The number of unbranched alkanes of at least 4 members (excludes halogenated alkanes) is 4. The molecule has 0 aromatic heterocycles. The zero-order chi connectivity index (χ0) is 18.8. The van der Waals surface area contributed by atoms with E-state index in [9.17, 15) is 0 Å². The van der Waals surface area contributed by atoms with E-state index in [1.165, 1.54) is 0 Å². The summed E-state index contributed by atoms with van der Waals surface area (Å²) in [6.07, 6.45) is 8.11. The molecule has 0 aromatic carbocycles. The molecule has 0 N–H and O–H groups in total. The Morgan fingerprint density at radius 3 is 1.44 bits per heavy atom. The summed E-state index contributed by atoms with van der Waals surface area (Å²) >= 11 is 0. The number of rotatable bonds is 19. The van der Waals surface area contributed by atoms with Gasteiger partial charge in [-0.2, -0.15) is 0 Å².